The highest BCUT2D eigenvalue weighted by atomic mass is 79.9. The van der Waals surface area contributed by atoms with E-state index in [1.165, 1.54) is 11.0 Å². The molecule has 2 aromatic rings. The predicted molar refractivity (Wildman–Crippen MR) is 86.3 cm³/mol. The van der Waals surface area contributed by atoms with E-state index in [1.54, 1.807) is 34.4 Å². The van der Waals surface area contributed by atoms with Crippen LogP contribution in [0.25, 0.3) is 9.75 Å². The van der Waals surface area contributed by atoms with Crippen LogP contribution in [0, 0.1) is 0 Å². The van der Waals surface area contributed by atoms with Crippen LogP contribution in [0.5, 0.6) is 0 Å². The van der Waals surface area contributed by atoms with Crippen molar-refractivity contribution in [1.29, 1.82) is 0 Å². The summed E-state index contributed by atoms with van der Waals surface area (Å²) in [6, 6.07) is 4.19. The average molecular weight is 359 g/mol. The summed E-state index contributed by atoms with van der Waals surface area (Å²) in [7, 11) is 0. The first-order valence-electron chi connectivity index (χ1n) is 5.33. The Morgan fingerprint density at radius 2 is 2.28 bits per heavy atom. The molecule has 0 saturated carbocycles. The molecule has 0 aromatic carbocycles. The molecule has 0 bridgehead atoms. The van der Waals surface area contributed by atoms with E-state index in [1.807, 2.05) is 0 Å². The van der Waals surface area contributed by atoms with E-state index < -0.39 is 0 Å². The van der Waals surface area contributed by atoms with Crippen molar-refractivity contribution in [3.8, 4) is 9.75 Å². The van der Waals surface area contributed by atoms with Gasteiger partial charge in [0, 0.05) is 24.5 Å². The number of halogens is 1. The number of allylic oxidation sites excluding steroid dienone is 1. The van der Waals surface area contributed by atoms with Crippen LogP contribution in [0.15, 0.2) is 39.5 Å². The molecule has 0 aliphatic rings. The first-order chi connectivity index (χ1) is 8.65. The van der Waals surface area contributed by atoms with E-state index in [9.17, 15) is 4.79 Å². The molecule has 0 fully saturated rings. The van der Waals surface area contributed by atoms with Gasteiger partial charge in [0.15, 0.2) is 5.78 Å². The molecule has 0 unspecified atom stereocenters. The van der Waals surface area contributed by atoms with Gasteiger partial charge >= 0.3 is 0 Å². The van der Waals surface area contributed by atoms with Gasteiger partial charge in [0.05, 0.1) is 4.88 Å². The highest BCUT2D eigenvalue weighted by molar-refractivity contribution is 9.10. The number of ketones is 1. The number of thioether (sulfide) groups is 1. The minimum Gasteiger partial charge on any atom is -0.288 e. The fourth-order valence-electron chi connectivity index (χ4n) is 1.47. The van der Waals surface area contributed by atoms with Crippen molar-refractivity contribution in [2.24, 2.45) is 0 Å². The Morgan fingerprint density at radius 1 is 1.50 bits per heavy atom. The summed E-state index contributed by atoms with van der Waals surface area (Å²) >= 11 is 8.38. The SMILES string of the molecule is C=CC(=O)c1sc(-c2cc(Br)cs2)cc1SCC. The van der Waals surface area contributed by atoms with Gasteiger partial charge in [-0.15, -0.1) is 34.4 Å². The van der Waals surface area contributed by atoms with Crippen LogP contribution < -0.4 is 0 Å². The second-order valence-electron chi connectivity index (χ2n) is 3.43. The largest absolute Gasteiger partial charge is 0.288 e. The molecule has 18 heavy (non-hydrogen) atoms. The quantitative estimate of drug-likeness (QED) is 0.386. The first-order valence-corrected chi connectivity index (χ1v) is 8.81. The third-order valence-corrected chi connectivity index (χ3v) is 6.30. The highest BCUT2D eigenvalue weighted by Crippen LogP contribution is 2.40. The lowest BCUT2D eigenvalue weighted by molar-refractivity contribution is 0.104. The predicted octanol–water partition coefficient (Wildman–Crippen LogP) is 5.72. The molecule has 0 atom stereocenters. The minimum absolute atomic E-state index is 0.0119. The Morgan fingerprint density at radius 3 is 2.83 bits per heavy atom. The second kappa shape index (κ2) is 6.19. The lowest BCUT2D eigenvalue weighted by atomic mass is 10.3. The van der Waals surface area contributed by atoms with E-state index in [4.69, 9.17) is 0 Å². The lowest BCUT2D eigenvalue weighted by Gasteiger charge is -1.96. The molecule has 2 aromatic heterocycles. The zero-order chi connectivity index (χ0) is 13.1. The molecular weight excluding hydrogens is 348 g/mol. The van der Waals surface area contributed by atoms with Crippen LogP contribution in [0.1, 0.15) is 16.6 Å². The molecule has 0 saturated heterocycles. The van der Waals surface area contributed by atoms with Gasteiger partial charge in [0.25, 0.3) is 0 Å². The third kappa shape index (κ3) is 2.96. The van der Waals surface area contributed by atoms with Gasteiger partial charge in [0.2, 0.25) is 0 Å². The van der Waals surface area contributed by atoms with E-state index in [0.29, 0.717) is 0 Å². The number of hydrogen-bond donors (Lipinski definition) is 0. The summed E-state index contributed by atoms with van der Waals surface area (Å²) in [5, 5.41) is 2.05. The first kappa shape index (κ1) is 14.1. The molecule has 1 nitrogen and oxygen atoms in total. The van der Waals surface area contributed by atoms with Gasteiger partial charge in [-0.3, -0.25) is 4.79 Å². The number of carbonyl (C=O) groups is 1. The van der Waals surface area contributed by atoms with Crippen LogP contribution in [-0.4, -0.2) is 11.5 Å². The molecule has 0 aliphatic carbocycles. The van der Waals surface area contributed by atoms with Crippen molar-refractivity contribution in [2.75, 3.05) is 5.75 Å². The van der Waals surface area contributed by atoms with Crippen molar-refractivity contribution in [1.82, 2.24) is 0 Å². The number of rotatable bonds is 5. The molecule has 5 heteroatoms. The maximum atomic E-state index is 11.8. The van der Waals surface area contributed by atoms with E-state index in [-0.39, 0.29) is 5.78 Å². The zero-order valence-corrected chi connectivity index (χ0v) is 13.8. The Bertz CT molecular complexity index is 583. The summed E-state index contributed by atoms with van der Waals surface area (Å²) in [6.45, 7) is 5.66. The highest BCUT2D eigenvalue weighted by Gasteiger charge is 2.15. The molecule has 0 N–H and O–H groups in total. The second-order valence-corrected chi connectivity index (χ2v) is 7.62. The minimum atomic E-state index is 0.0119. The number of carbonyl (C=O) groups excluding carboxylic acids is 1. The molecular formula is C13H11BrOS3. The molecule has 0 amide bonds. The van der Waals surface area contributed by atoms with Crippen LogP contribution >= 0.6 is 50.4 Å². The van der Waals surface area contributed by atoms with Crippen molar-refractivity contribution in [3.63, 3.8) is 0 Å². The summed E-state index contributed by atoms with van der Waals surface area (Å²) in [4.78, 5) is 16.0. The van der Waals surface area contributed by atoms with Crippen LogP contribution in [-0.2, 0) is 0 Å². The summed E-state index contributed by atoms with van der Waals surface area (Å²) in [5.74, 6) is 0.972. The smallest absolute Gasteiger partial charge is 0.196 e. The van der Waals surface area contributed by atoms with Gasteiger partial charge in [-0.1, -0.05) is 13.5 Å². The molecule has 94 valence electrons. The van der Waals surface area contributed by atoms with Crippen molar-refractivity contribution >= 4 is 56.1 Å². The van der Waals surface area contributed by atoms with Crippen LogP contribution in [0.2, 0.25) is 0 Å². The fraction of sp³-hybridized carbons (Fsp3) is 0.154. The van der Waals surface area contributed by atoms with Gasteiger partial charge in [-0.25, -0.2) is 0 Å². The average Bonchev–Trinajstić information content (AvgIpc) is 2.95. The summed E-state index contributed by atoms with van der Waals surface area (Å²) < 4.78 is 1.08. The standard InChI is InChI=1S/C13H11BrOS3/c1-3-9(15)13-12(16-4-2)6-11(18-13)10-5-8(14)7-17-10/h3,5-7H,1,4H2,2H3. The zero-order valence-electron chi connectivity index (χ0n) is 9.73. The maximum Gasteiger partial charge on any atom is 0.196 e. The molecule has 0 aliphatic heterocycles. The van der Waals surface area contributed by atoms with E-state index >= 15 is 0 Å². The Kier molecular flexibility index (Phi) is 4.84. The topological polar surface area (TPSA) is 17.1 Å². The van der Waals surface area contributed by atoms with Crippen LogP contribution in [0.3, 0.4) is 0 Å². The molecule has 2 heterocycles. The van der Waals surface area contributed by atoms with Crippen molar-refractivity contribution in [3.05, 3.63) is 39.5 Å². The van der Waals surface area contributed by atoms with Crippen molar-refractivity contribution in [2.45, 2.75) is 11.8 Å². The van der Waals surface area contributed by atoms with Gasteiger partial charge < -0.3 is 0 Å². The molecule has 0 radical (unpaired) electrons. The Balaban J connectivity index is 2.44. The van der Waals surface area contributed by atoms with Gasteiger partial charge in [-0.05, 0) is 39.9 Å². The summed E-state index contributed by atoms with van der Waals surface area (Å²) in [6.07, 6.45) is 1.39. The normalized spacial score (nSPS) is 10.6. The Hall–Kier alpha value is -0.360. The Labute approximate surface area is 127 Å². The van der Waals surface area contributed by atoms with E-state index in [2.05, 4.69) is 46.9 Å². The fourth-order valence-corrected chi connectivity index (χ4v) is 5.09. The van der Waals surface area contributed by atoms with Crippen LogP contribution in [0.4, 0.5) is 0 Å². The lowest BCUT2D eigenvalue weighted by Crippen LogP contribution is -1.90. The maximum absolute atomic E-state index is 11.8. The molecule has 2 rings (SSSR count). The van der Waals surface area contributed by atoms with Gasteiger partial charge in [0.1, 0.15) is 0 Å². The monoisotopic (exact) mass is 358 g/mol. The summed E-state index contributed by atoms with van der Waals surface area (Å²) in [5.41, 5.74) is 0. The number of thiophene rings is 2. The van der Waals surface area contributed by atoms with Crippen molar-refractivity contribution < 1.29 is 4.79 Å². The van der Waals surface area contributed by atoms with Gasteiger partial charge in [-0.2, -0.15) is 0 Å². The third-order valence-electron chi connectivity index (χ3n) is 2.22. The molecule has 0 spiro atoms. The number of hydrogen-bond acceptors (Lipinski definition) is 4. The van der Waals surface area contributed by atoms with E-state index in [0.717, 1.165) is 24.9 Å².